The fraction of sp³-hybridized carbons (Fsp3) is 0.227. The summed E-state index contributed by atoms with van der Waals surface area (Å²) in [4.78, 5) is 38.9. The lowest BCUT2D eigenvalue weighted by molar-refractivity contribution is -0.384. The molecule has 2 aromatic carbocycles. The average molecular weight is 501 g/mol. The van der Waals surface area contributed by atoms with Gasteiger partial charge in [-0.2, -0.15) is 5.10 Å². The van der Waals surface area contributed by atoms with Crippen LogP contribution in [-0.4, -0.2) is 39.9 Å². The number of para-hydroxylation sites is 3. The van der Waals surface area contributed by atoms with Gasteiger partial charge in [-0.1, -0.05) is 42.1 Å². The van der Waals surface area contributed by atoms with Crippen LogP contribution in [0.15, 0.2) is 70.3 Å². The lowest BCUT2D eigenvalue weighted by Gasteiger charge is -2.40. The number of anilines is 2. The number of benzene rings is 2. The molecule has 2 heterocycles. The molecule has 176 valence electrons. The van der Waals surface area contributed by atoms with Crippen molar-refractivity contribution >= 4 is 57.6 Å². The minimum Gasteiger partial charge on any atom is -0.465 e. The predicted molar refractivity (Wildman–Crippen MR) is 131 cm³/mol. The van der Waals surface area contributed by atoms with Gasteiger partial charge in [-0.05, 0) is 43.8 Å². The van der Waals surface area contributed by atoms with E-state index in [9.17, 15) is 19.7 Å². The number of rotatable bonds is 6. The van der Waals surface area contributed by atoms with E-state index in [0.29, 0.717) is 16.3 Å². The van der Waals surface area contributed by atoms with Crippen molar-refractivity contribution in [1.29, 1.82) is 0 Å². The molecule has 0 bridgehead atoms. The van der Waals surface area contributed by atoms with Crippen LogP contribution >= 0.6 is 23.5 Å². The minimum atomic E-state index is -1.30. The second kappa shape index (κ2) is 9.39. The summed E-state index contributed by atoms with van der Waals surface area (Å²) in [5.41, 5.74) is 1.21. The van der Waals surface area contributed by atoms with Crippen LogP contribution < -0.4 is 9.91 Å². The topological polar surface area (TPSA) is 115 Å². The summed E-state index contributed by atoms with van der Waals surface area (Å²) in [6.45, 7) is 3.56. The number of nitro groups is 1. The normalized spacial score (nSPS) is 19.4. The van der Waals surface area contributed by atoms with Gasteiger partial charge in [-0.3, -0.25) is 10.1 Å². The third kappa shape index (κ3) is 3.88. The number of ether oxygens (including phenoxy) is 2. The zero-order chi connectivity index (χ0) is 24.5. The lowest BCUT2D eigenvalue weighted by Crippen LogP contribution is -2.49. The van der Waals surface area contributed by atoms with Crippen molar-refractivity contribution in [2.24, 2.45) is 5.10 Å². The Bertz CT molecular complexity index is 1220. The van der Waals surface area contributed by atoms with Gasteiger partial charge < -0.3 is 14.4 Å². The second-order valence-electron chi connectivity index (χ2n) is 7.01. The first-order valence-electron chi connectivity index (χ1n) is 10.2. The van der Waals surface area contributed by atoms with Crippen LogP contribution in [0.5, 0.6) is 0 Å². The molecule has 0 fully saturated rings. The van der Waals surface area contributed by atoms with Gasteiger partial charge in [0.25, 0.3) is 5.69 Å². The van der Waals surface area contributed by atoms with Crippen molar-refractivity contribution in [2.75, 3.05) is 23.6 Å². The molecule has 0 saturated carbocycles. The average Bonchev–Trinajstić information content (AvgIpc) is 3.36. The van der Waals surface area contributed by atoms with E-state index in [1.54, 1.807) is 32.0 Å². The number of methoxy groups -OCH3 is 1. The molecule has 0 radical (unpaired) electrons. The van der Waals surface area contributed by atoms with Crippen molar-refractivity contribution in [2.45, 2.75) is 18.2 Å². The van der Waals surface area contributed by atoms with Crippen molar-refractivity contribution in [1.82, 2.24) is 0 Å². The number of carbonyl (C=O) groups is 2. The molecule has 1 atom stereocenters. The van der Waals surface area contributed by atoms with Crippen LogP contribution in [0.4, 0.5) is 17.1 Å². The summed E-state index contributed by atoms with van der Waals surface area (Å²) in [7, 11) is 1.28. The first kappa shape index (κ1) is 23.6. The molecule has 0 aliphatic carbocycles. The van der Waals surface area contributed by atoms with Crippen molar-refractivity contribution in [3.8, 4) is 0 Å². The van der Waals surface area contributed by atoms with Crippen LogP contribution in [0.2, 0.25) is 0 Å². The number of nitro benzene ring substituents is 1. The highest BCUT2D eigenvalue weighted by Gasteiger charge is 2.59. The molecule has 0 N–H and O–H groups in total. The molecule has 2 aromatic rings. The Hall–Kier alpha value is -3.51. The fourth-order valence-corrected chi connectivity index (χ4v) is 6.57. The Kier molecular flexibility index (Phi) is 6.53. The highest BCUT2D eigenvalue weighted by molar-refractivity contribution is 8.29. The maximum atomic E-state index is 12.7. The van der Waals surface area contributed by atoms with E-state index < -0.39 is 21.2 Å². The number of carbonyl (C=O) groups excluding carboxylic acids is 2. The fourth-order valence-electron chi connectivity index (χ4n) is 3.61. The minimum absolute atomic E-state index is 0.00680. The predicted octanol–water partition coefficient (Wildman–Crippen LogP) is 4.29. The highest BCUT2D eigenvalue weighted by Crippen LogP contribution is 2.61. The number of hydrogen-bond acceptors (Lipinski definition) is 11. The molecular weight excluding hydrogens is 480 g/mol. The zero-order valence-corrected chi connectivity index (χ0v) is 20.1. The summed E-state index contributed by atoms with van der Waals surface area (Å²) >= 11 is 2.15. The van der Waals surface area contributed by atoms with E-state index in [1.165, 1.54) is 18.2 Å². The first-order valence-corrected chi connectivity index (χ1v) is 11.8. The molecule has 12 heteroatoms. The van der Waals surface area contributed by atoms with E-state index in [4.69, 9.17) is 9.47 Å². The molecule has 0 aromatic heterocycles. The molecule has 0 saturated heterocycles. The number of nitrogens with zero attached hydrogens (tertiary/aromatic N) is 4. The van der Waals surface area contributed by atoms with E-state index in [-0.39, 0.29) is 23.0 Å². The molecule has 0 unspecified atom stereocenters. The highest BCUT2D eigenvalue weighted by atomic mass is 32.2. The van der Waals surface area contributed by atoms with Crippen molar-refractivity contribution < 1.29 is 24.0 Å². The van der Waals surface area contributed by atoms with Gasteiger partial charge in [-0.15, -0.1) is 0 Å². The van der Waals surface area contributed by atoms with Crippen LogP contribution in [0.3, 0.4) is 0 Å². The quantitative estimate of drug-likeness (QED) is 0.323. The summed E-state index contributed by atoms with van der Waals surface area (Å²) in [6.07, 6.45) is 0. The van der Waals surface area contributed by atoms with Gasteiger partial charge in [0, 0.05) is 17.5 Å². The molecule has 10 nitrogen and oxygen atoms in total. The van der Waals surface area contributed by atoms with E-state index >= 15 is 0 Å². The Balaban J connectivity index is 1.95. The molecule has 4 rings (SSSR count). The number of hydrogen-bond donors (Lipinski definition) is 0. The summed E-state index contributed by atoms with van der Waals surface area (Å²) < 4.78 is 8.87. The van der Waals surface area contributed by atoms with E-state index in [0.717, 1.165) is 23.5 Å². The Morgan fingerprint density at radius 2 is 1.76 bits per heavy atom. The Labute approximate surface area is 203 Å². The van der Waals surface area contributed by atoms with Gasteiger partial charge in [0.05, 0.1) is 18.6 Å². The molecular formula is C22H20N4O6S2. The third-order valence-electron chi connectivity index (χ3n) is 5.01. The van der Waals surface area contributed by atoms with Crippen molar-refractivity contribution in [3.05, 3.63) is 75.3 Å². The van der Waals surface area contributed by atoms with Crippen LogP contribution in [0, 0.1) is 10.1 Å². The van der Waals surface area contributed by atoms with E-state index in [1.807, 2.05) is 35.2 Å². The monoisotopic (exact) mass is 500 g/mol. The molecule has 34 heavy (non-hydrogen) atoms. The first-order chi connectivity index (χ1) is 16.3. The van der Waals surface area contributed by atoms with E-state index in [2.05, 4.69) is 5.10 Å². The number of allylic oxidation sites excluding steroid dienone is 1. The van der Waals surface area contributed by atoms with Gasteiger partial charge >= 0.3 is 11.9 Å². The Morgan fingerprint density at radius 3 is 2.41 bits per heavy atom. The number of thioether (sulfide) groups is 2. The summed E-state index contributed by atoms with van der Waals surface area (Å²) in [5.74, 6) is -1.22. The standard InChI is InChI=1S/C22H20N4O6S2/c1-4-32-21(28)19-23-25(16-12-8-9-13-17(16)26(29)30)22(34-19)24(15-10-6-5-7-11-15)14(2)18(33-22)20(27)31-3/h5-13H,4H2,1-3H3/t22-/m0/s1. The maximum Gasteiger partial charge on any atom is 0.365 e. The van der Waals surface area contributed by atoms with Crippen LogP contribution in [0.1, 0.15) is 13.8 Å². The van der Waals surface area contributed by atoms with Crippen molar-refractivity contribution in [3.63, 3.8) is 0 Å². The van der Waals surface area contributed by atoms with Gasteiger partial charge in [0.2, 0.25) is 9.37 Å². The Morgan fingerprint density at radius 1 is 1.09 bits per heavy atom. The molecule has 2 aliphatic heterocycles. The summed E-state index contributed by atoms with van der Waals surface area (Å²) in [5, 5.41) is 17.7. The van der Waals surface area contributed by atoms with Crippen LogP contribution in [-0.2, 0) is 19.1 Å². The molecule has 1 spiro atoms. The smallest absolute Gasteiger partial charge is 0.365 e. The zero-order valence-electron chi connectivity index (χ0n) is 18.5. The van der Waals surface area contributed by atoms with Gasteiger partial charge in [0.15, 0.2) is 0 Å². The number of esters is 2. The molecule has 0 amide bonds. The second-order valence-corrected chi connectivity index (χ2v) is 9.61. The maximum absolute atomic E-state index is 12.7. The third-order valence-corrected chi connectivity index (χ3v) is 7.86. The summed E-state index contributed by atoms with van der Waals surface area (Å²) in [6, 6.07) is 15.3. The lowest BCUT2D eigenvalue weighted by atomic mass is 10.2. The van der Waals surface area contributed by atoms with Gasteiger partial charge in [0.1, 0.15) is 10.6 Å². The van der Waals surface area contributed by atoms with Gasteiger partial charge in [-0.25, -0.2) is 14.6 Å². The van der Waals surface area contributed by atoms with Crippen LogP contribution in [0.25, 0.3) is 0 Å². The SMILES string of the molecule is CCOC(=O)C1=NN(c2ccccc2[N+](=O)[O-])[C@]2(S1)SC(C(=O)OC)=C(C)N2c1ccccc1. The molecule has 2 aliphatic rings. The largest absolute Gasteiger partial charge is 0.465 e. The number of hydrazone groups is 1.